The van der Waals surface area contributed by atoms with Gasteiger partial charge < -0.3 is 13.9 Å². The summed E-state index contributed by atoms with van der Waals surface area (Å²) in [6, 6.07) is 12.0. The van der Waals surface area contributed by atoms with Gasteiger partial charge in [-0.15, -0.1) is 11.3 Å². The Morgan fingerprint density at radius 1 is 1.06 bits per heavy atom. The summed E-state index contributed by atoms with van der Waals surface area (Å²) in [6.45, 7) is 1.68. The summed E-state index contributed by atoms with van der Waals surface area (Å²) in [4.78, 5) is 51.2. The molecular formula is C23H20N2O7S. The highest BCUT2D eigenvalue weighted by Gasteiger charge is 2.22. The average Bonchev–Trinajstić information content (AvgIpc) is 3.47. The summed E-state index contributed by atoms with van der Waals surface area (Å²) < 4.78 is 17.9. The van der Waals surface area contributed by atoms with E-state index in [0.29, 0.717) is 4.83 Å². The van der Waals surface area contributed by atoms with Crippen LogP contribution < -0.4 is 11.2 Å². The molecule has 0 fully saturated rings. The van der Waals surface area contributed by atoms with Crippen molar-refractivity contribution in [2.45, 2.75) is 20.1 Å². The molecule has 0 saturated carbocycles. The zero-order valence-corrected chi connectivity index (χ0v) is 18.7. The molecule has 0 bridgehead atoms. The maximum Gasteiger partial charge on any atom is 0.348 e. The topological polar surface area (TPSA) is 110 Å². The lowest BCUT2D eigenvalue weighted by Crippen LogP contribution is -2.39. The second-order valence-electron chi connectivity index (χ2n) is 7.10. The fraction of sp³-hybridized carbons (Fsp3) is 0.217. The van der Waals surface area contributed by atoms with E-state index < -0.39 is 23.2 Å². The maximum atomic E-state index is 13.1. The Balaban J connectivity index is 1.66. The van der Waals surface area contributed by atoms with Crippen molar-refractivity contribution in [1.82, 2.24) is 9.13 Å². The molecule has 4 aromatic rings. The molecule has 10 heteroatoms. The molecule has 3 aromatic heterocycles. The first-order chi connectivity index (χ1) is 15.9. The molecular weight excluding hydrogens is 448 g/mol. The number of carbonyl (C=O) groups is 2. The Hall–Kier alpha value is -3.92. The van der Waals surface area contributed by atoms with E-state index in [2.05, 4.69) is 0 Å². The van der Waals surface area contributed by atoms with Crippen LogP contribution in [0.1, 0.15) is 38.3 Å². The van der Waals surface area contributed by atoms with E-state index in [-0.39, 0.29) is 41.3 Å². The molecule has 0 unspecified atom stereocenters. The number of hydrogen-bond acceptors (Lipinski definition) is 8. The van der Waals surface area contributed by atoms with Gasteiger partial charge in [0.2, 0.25) is 0 Å². The fourth-order valence-corrected chi connectivity index (χ4v) is 4.31. The Morgan fingerprint density at radius 3 is 2.55 bits per heavy atom. The van der Waals surface area contributed by atoms with Gasteiger partial charge in [-0.25, -0.2) is 14.4 Å². The van der Waals surface area contributed by atoms with Crippen molar-refractivity contribution in [2.75, 3.05) is 6.61 Å². The lowest BCUT2D eigenvalue weighted by Gasteiger charge is -2.08. The molecule has 0 N–H and O–H groups in total. The molecule has 0 aliphatic carbocycles. The Kier molecular flexibility index (Phi) is 6.27. The minimum absolute atomic E-state index is 0.0895. The summed E-state index contributed by atoms with van der Waals surface area (Å²) in [5.74, 6) is -1.06. The van der Waals surface area contributed by atoms with Crippen LogP contribution in [0.25, 0.3) is 10.2 Å². The van der Waals surface area contributed by atoms with Crippen molar-refractivity contribution >= 4 is 33.5 Å². The third-order valence-corrected chi connectivity index (χ3v) is 6.16. The Labute approximate surface area is 191 Å². The number of benzene rings is 1. The lowest BCUT2D eigenvalue weighted by atomic mass is 10.2. The van der Waals surface area contributed by atoms with Crippen molar-refractivity contribution in [3.8, 4) is 0 Å². The van der Waals surface area contributed by atoms with Gasteiger partial charge in [-0.2, -0.15) is 0 Å². The molecule has 9 nitrogen and oxygen atoms in total. The van der Waals surface area contributed by atoms with Gasteiger partial charge in [0.05, 0.1) is 24.8 Å². The molecule has 0 atom stereocenters. The van der Waals surface area contributed by atoms with Crippen LogP contribution in [0.2, 0.25) is 0 Å². The van der Waals surface area contributed by atoms with Gasteiger partial charge in [-0.1, -0.05) is 30.3 Å². The number of rotatable bonds is 7. The van der Waals surface area contributed by atoms with Gasteiger partial charge in [0.1, 0.15) is 27.6 Å². The number of aryl methyl sites for hydroxylation is 1. The molecule has 1 aromatic carbocycles. The minimum Gasteiger partial charge on any atom is -0.467 e. The highest BCUT2D eigenvalue weighted by molar-refractivity contribution is 7.20. The van der Waals surface area contributed by atoms with Crippen LogP contribution in [-0.2, 0) is 29.7 Å². The molecule has 0 aliphatic heterocycles. The third kappa shape index (κ3) is 4.37. The van der Waals surface area contributed by atoms with Crippen LogP contribution in [0.3, 0.4) is 0 Å². The van der Waals surface area contributed by atoms with Crippen molar-refractivity contribution in [3.05, 3.63) is 91.3 Å². The van der Waals surface area contributed by atoms with E-state index in [1.807, 2.05) is 30.3 Å². The van der Waals surface area contributed by atoms with Gasteiger partial charge in [-0.05, 0) is 24.6 Å². The van der Waals surface area contributed by atoms with E-state index >= 15 is 0 Å². The van der Waals surface area contributed by atoms with Crippen LogP contribution in [-0.4, -0.2) is 27.7 Å². The lowest BCUT2D eigenvalue weighted by molar-refractivity contribution is 0.0477. The zero-order chi connectivity index (χ0) is 23.5. The summed E-state index contributed by atoms with van der Waals surface area (Å²) in [7, 11) is 1.50. The molecule has 0 saturated heterocycles. The fourth-order valence-electron chi connectivity index (χ4n) is 3.32. The quantitative estimate of drug-likeness (QED) is 0.384. The number of thiophene rings is 1. The summed E-state index contributed by atoms with van der Waals surface area (Å²) in [5, 5.41) is 0.193. The van der Waals surface area contributed by atoms with Crippen LogP contribution in [0, 0.1) is 0 Å². The molecule has 4 rings (SSSR count). The molecule has 0 spiro atoms. The number of fused-ring (bicyclic) bond motifs is 1. The molecule has 3 heterocycles. The summed E-state index contributed by atoms with van der Waals surface area (Å²) >= 11 is 1.00. The average molecular weight is 468 g/mol. The van der Waals surface area contributed by atoms with Crippen LogP contribution >= 0.6 is 11.3 Å². The first-order valence-electron chi connectivity index (χ1n) is 10.1. The van der Waals surface area contributed by atoms with E-state index in [4.69, 9.17) is 13.9 Å². The standard InChI is InChI=1S/C23H20N2O7S/c1-3-30-21(27)15-9-10-31-17(15)12-25-19(26)16-11-18(33-20(16)24(2)23(25)29)22(28)32-13-14-7-5-4-6-8-14/h4-11H,3,12-13H2,1-2H3. The first kappa shape index (κ1) is 22.3. The number of aromatic nitrogens is 2. The van der Waals surface area contributed by atoms with E-state index in [0.717, 1.165) is 21.5 Å². The highest BCUT2D eigenvalue weighted by Crippen LogP contribution is 2.23. The second kappa shape index (κ2) is 9.29. The smallest absolute Gasteiger partial charge is 0.348 e. The maximum absolute atomic E-state index is 13.1. The summed E-state index contributed by atoms with van der Waals surface area (Å²) in [6.07, 6.45) is 1.29. The van der Waals surface area contributed by atoms with Crippen molar-refractivity contribution in [2.24, 2.45) is 7.05 Å². The number of furan rings is 1. The van der Waals surface area contributed by atoms with Gasteiger partial charge >= 0.3 is 17.6 Å². The van der Waals surface area contributed by atoms with Crippen LogP contribution in [0.4, 0.5) is 0 Å². The number of esters is 2. The third-order valence-electron chi connectivity index (χ3n) is 4.97. The Bertz CT molecular complexity index is 1440. The second-order valence-corrected chi connectivity index (χ2v) is 8.13. The normalized spacial score (nSPS) is 11.0. The minimum atomic E-state index is -0.607. The molecule has 33 heavy (non-hydrogen) atoms. The van der Waals surface area contributed by atoms with Gasteiger partial charge in [0.25, 0.3) is 5.56 Å². The number of nitrogens with zero attached hydrogens (tertiary/aromatic N) is 2. The van der Waals surface area contributed by atoms with Gasteiger partial charge in [0.15, 0.2) is 0 Å². The highest BCUT2D eigenvalue weighted by atomic mass is 32.1. The Morgan fingerprint density at radius 2 is 1.82 bits per heavy atom. The van der Waals surface area contributed by atoms with E-state index in [1.54, 1.807) is 6.92 Å². The first-order valence-corrected chi connectivity index (χ1v) is 10.9. The number of hydrogen-bond donors (Lipinski definition) is 0. The predicted molar refractivity (Wildman–Crippen MR) is 121 cm³/mol. The molecule has 170 valence electrons. The molecule has 0 radical (unpaired) electrons. The van der Waals surface area contributed by atoms with Gasteiger partial charge in [-0.3, -0.25) is 13.9 Å². The van der Waals surface area contributed by atoms with Crippen LogP contribution in [0.5, 0.6) is 0 Å². The van der Waals surface area contributed by atoms with Crippen LogP contribution in [0.15, 0.2) is 62.7 Å². The van der Waals surface area contributed by atoms with E-state index in [9.17, 15) is 19.2 Å². The van der Waals surface area contributed by atoms with Crippen molar-refractivity contribution in [1.29, 1.82) is 0 Å². The SMILES string of the molecule is CCOC(=O)c1ccoc1Cn1c(=O)c2cc(C(=O)OCc3ccccc3)sc2n(C)c1=O. The summed E-state index contributed by atoms with van der Waals surface area (Å²) in [5.41, 5.74) is -0.235. The van der Waals surface area contributed by atoms with Crippen molar-refractivity contribution < 1.29 is 23.5 Å². The van der Waals surface area contributed by atoms with Crippen molar-refractivity contribution in [3.63, 3.8) is 0 Å². The van der Waals surface area contributed by atoms with E-state index in [1.165, 1.54) is 30.0 Å². The predicted octanol–water partition coefficient (Wildman–Crippen LogP) is 2.94. The van der Waals surface area contributed by atoms with Gasteiger partial charge in [0, 0.05) is 7.05 Å². The zero-order valence-electron chi connectivity index (χ0n) is 17.9. The number of ether oxygens (including phenoxy) is 2. The monoisotopic (exact) mass is 468 g/mol. The molecule has 0 amide bonds. The largest absolute Gasteiger partial charge is 0.467 e. The molecule has 0 aliphatic rings. The number of carbonyl (C=O) groups excluding carboxylic acids is 2.